The van der Waals surface area contributed by atoms with E-state index in [1.807, 2.05) is 0 Å². The van der Waals surface area contributed by atoms with Gasteiger partial charge in [0.2, 0.25) is 0 Å². The number of anilines is 1. The first-order chi connectivity index (χ1) is 6.77. The Morgan fingerprint density at radius 3 is 2.64 bits per heavy atom. The van der Waals surface area contributed by atoms with Crippen LogP contribution in [-0.4, -0.2) is 26.2 Å². The highest BCUT2D eigenvalue weighted by atomic mass is 15.3. The minimum Gasteiger partial charge on any atom is -0.370 e. The molecule has 0 bridgehead atoms. The van der Waals surface area contributed by atoms with E-state index >= 15 is 0 Å². The summed E-state index contributed by atoms with van der Waals surface area (Å²) in [7, 11) is 0. The lowest BCUT2D eigenvalue weighted by atomic mass is 9.74. The molecule has 2 heterocycles. The number of benzene rings is 1. The molecule has 0 unspecified atom stereocenters. The number of aryl methyl sites for hydroxylation is 1. The van der Waals surface area contributed by atoms with Gasteiger partial charge in [-0.2, -0.15) is 0 Å². The number of nitrogens with zero attached hydrogens (tertiary/aromatic N) is 1. The molecular formula is C12H16N2. The molecule has 0 amide bonds. The van der Waals surface area contributed by atoms with Gasteiger partial charge in [-0.1, -0.05) is 12.1 Å². The zero-order valence-corrected chi connectivity index (χ0v) is 8.59. The largest absolute Gasteiger partial charge is 0.370 e. The van der Waals surface area contributed by atoms with Gasteiger partial charge in [0.05, 0.1) is 0 Å². The van der Waals surface area contributed by atoms with E-state index in [9.17, 15) is 0 Å². The normalized spacial score (nSPS) is 23.1. The summed E-state index contributed by atoms with van der Waals surface area (Å²) >= 11 is 0. The lowest BCUT2D eigenvalue weighted by Gasteiger charge is -2.57. The van der Waals surface area contributed by atoms with Crippen molar-refractivity contribution in [3.05, 3.63) is 29.8 Å². The Morgan fingerprint density at radius 2 is 2.07 bits per heavy atom. The van der Waals surface area contributed by atoms with E-state index in [4.69, 9.17) is 0 Å². The fourth-order valence-corrected chi connectivity index (χ4v) is 2.47. The third kappa shape index (κ3) is 1.14. The van der Waals surface area contributed by atoms with Crippen LogP contribution in [-0.2, 0) is 0 Å². The van der Waals surface area contributed by atoms with Crippen molar-refractivity contribution in [1.82, 2.24) is 5.32 Å². The maximum Gasteiger partial charge on any atom is 0.0369 e. The van der Waals surface area contributed by atoms with E-state index in [1.165, 1.54) is 37.4 Å². The van der Waals surface area contributed by atoms with Gasteiger partial charge in [-0.15, -0.1) is 0 Å². The molecule has 0 aliphatic carbocycles. The second kappa shape index (κ2) is 2.74. The van der Waals surface area contributed by atoms with Crippen molar-refractivity contribution in [2.45, 2.75) is 6.92 Å². The maximum absolute atomic E-state index is 3.36. The summed E-state index contributed by atoms with van der Waals surface area (Å²) in [6, 6.07) is 8.80. The van der Waals surface area contributed by atoms with Crippen LogP contribution in [0.15, 0.2) is 24.3 Å². The molecular weight excluding hydrogens is 172 g/mol. The van der Waals surface area contributed by atoms with E-state index in [0.29, 0.717) is 5.41 Å². The SMILES string of the molecule is Cc1cccc(N2CC3(CNC3)C2)c1. The molecule has 1 aromatic carbocycles. The van der Waals surface area contributed by atoms with Gasteiger partial charge in [-0.3, -0.25) is 0 Å². The molecule has 2 heteroatoms. The minimum atomic E-state index is 0.629. The average Bonchev–Trinajstić information content (AvgIpc) is 1.98. The molecule has 0 atom stereocenters. The molecule has 2 nitrogen and oxygen atoms in total. The first-order valence-corrected chi connectivity index (χ1v) is 5.30. The standard InChI is InChI=1S/C12H16N2/c1-10-3-2-4-11(5-10)14-8-12(9-14)6-13-7-12/h2-5,13H,6-9H2,1H3. The van der Waals surface area contributed by atoms with Crippen molar-refractivity contribution < 1.29 is 0 Å². The number of rotatable bonds is 1. The first kappa shape index (κ1) is 8.30. The van der Waals surface area contributed by atoms with Gasteiger partial charge >= 0.3 is 0 Å². The Hall–Kier alpha value is -1.02. The van der Waals surface area contributed by atoms with Crippen molar-refractivity contribution in [2.24, 2.45) is 5.41 Å². The molecule has 1 spiro atoms. The summed E-state index contributed by atoms with van der Waals surface area (Å²) in [5.74, 6) is 0. The fraction of sp³-hybridized carbons (Fsp3) is 0.500. The van der Waals surface area contributed by atoms with Crippen molar-refractivity contribution >= 4 is 5.69 Å². The third-order valence-electron chi connectivity index (χ3n) is 3.42. The van der Waals surface area contributed by atoms with Gasteiger partial charge in [0.15, 0.2) is 0 Å². The van der Waals surface area contributed by atoms with Gasteiger partial charge in [-0.25, -0.2) is 0 Å². The third-order valence-corrected chi connectivity index (χ3v) is 3.42. The Morgan fingerprint density at radius 1 is 1.29 bits per heavy atom. The van der Waals surface area contributed by atoms with Crippen molar-refractivity contribution in [2.75, 3.05) is 31.1 Å². The van der Waals surface area contributed by atoms with Crippen LogP contribution in [0, 0.1) is 12.3 Å². The Labute approximate surface area is 84.9 Å². The number of hydrogen-bond acceptors (Lipinski definition) is 2. The lowest BCUT2D eigenvalue weighted by molar-refractivity contribution is 0.121. The van der Waals surface area contributed by atoms with Crippen LogP contribution in [0.1, 0.15) is 5.56 Å². The average molecular weight is 188 g/mol. The van der Waals surface area contributed by atoms with E-state index < -0.39 is 0 Å². The summed E-state index contributed by atoms with van der Waals surface area (Å²) in [5.41, 5.74) is 3.38. The molecule has 0 aromatic heterocycles. The topological polar surface area (TPSA) is 15.3 Å². The Kier molecular flexibility index (Phi) is 1.62. The van der Waals surface area contributed by atoms with Crippen LogP contribution in [0.4, 0.5) is 5.69 Å². The van der Waals surface area contributed by atoms with E-state index in [0.717, 1.165) is 0 Å². The Bertz CT molecular complexity index is 347. The zero-order valence-electron chi connectivity index (χ0n) is 8.59. The quantitative estimate of drug-likeness (QED) is 0.716. The predicted molar refractivity (Wildman–Crippen MR) is 58.7 cm³/mol. The monoisotopic (exact) mass is 188 g/mol. The van der Waals surface area contributed by atoms with Gasteiger partial charge in [0, 0.05) is 37.3 Å². The van der Waals surface area contributed by atoms with E-state index in [2.05, 4.69) is 41.4 Å². The van der Waals surface area contributed by atoms with Gasteiger partial charge in [0.25, 0.3) is 0 Å². The molecule has 1 aromatic rings. The van der Waals surface area contributed by atoms with Gasteiger partial charge in [0.1, 0.15) is 0 Å². The summed E-state index contributed by atoms with van der Waals surface area (Å²) in [5, 5.41) is 3.36. The maximum atomic E-state index is 3.36. The summed E-state index contributed by atoms with van der Waals surface area (Å²) < 4.78 is 0. The molecule has 2 aliphatic heterocycles. The van der Waals surface area contributed by atoms with Crippen LogP contribution in [0.5, 0.6) is 0 Å². The van der Waals surface area contributed by atoms with E-state index in [-0.39, 0.29) is 0 Å². The van der Waals surface area contributed by atoms with Crippen LogP contribution >= 0.6 is 0 Å². The zero-order chi connectivity index (χ0) is 9.60. The molecule has 74 valence electrons. The van der Waals surface area contributed by atoms with Crippen LogP contribution in [0.3, 0.4) is 0 Å². The summed E-state index contributed by atoms with van der Waals surface area (Å²) in [6.45, 7) is 7.07. The second-order valence-electron chi connectivity index (χ2n) is 4.80. The van der Waals surface area contributed by atoms with Crippen LogP contribution in [0.2, 0.25) is 0 Å². The molecule has 1 N–H and O–H groups in total. The van der Waals surface area contributed by atoms with Crippen LogP contribution in [0.25, 0.3) is 0 Å². The highest BCUT2D eigenvalue weighted by Gasteiger charge is 2.47. The molecule has 2 fully saturated rings. The van der Waals surface area contributed by atoms with Gasteiger partial charge < -0.3 is 10.2 Å². The predicted octanol–water partition coefficient (Wildman–Crippen LogP) is 1.40. The highest BCUT2D eigenvalue weighted by Crippen LogP contribution is 2.37. The van der Waals surface area contributed by atoms with Crippen molar-refractivity contribution in [3.8, 4) is 0 Å². The smallest absolute Gasteiger partial charge is 0.0369 e. The lowest BCUT2D eigenvalue weighted by Crippen LogP contribution is -2.71. The van der Waals surface area contributed by atoms with Crippen molar-refractivity contribution in [3.63, 3.8) is 0 Å². The number of hydrogen-bond donors (Lipinski definition) is 1. The highest BCUT2D eigenvalue weighted by molar-refractivity contribution is 5.52. The molecule has 2 aliphatic rings. The molecule has 2 saturated heterocycles. The van der Waals surface area contributed by atoms with Crippen LogP contribution < -0.4 is 10.2 Å². The number of nitrogens with one attached hydrogen (secondary N) is 1. The minimum absolute atomic E-state index is 0.629. The summed E-state index contributed by atoms with van der Waals surface area (Å²) in [4.78, 5) is 2.48. The first-order valence-electron chi connectivity index (χ1n) is 5.30. The van der Waals surface area contributed by atoms with Gasteiger partial charge in [-0.05, 0) is 24.6 Å². The fourth-order valence-electron chi connectivity index (χ4n) is 2.47. The Balaban J connectivity index is 1.73. The second-order valence-corrected chi connectivity index (χ2v) is 4.80. The molecule has 3 rings (SSSR count). The van der Waals surface area contributed by atoms with E-state index in [1.54, 1.807) is 0 Å². The summed E-state index contributed by atoms with van der Waals surface area (Å²) in [6.07, 6.45) is 0. The molecule has 0 saturated carbocycles. The van der Waals surface area contributed by atoms with Crippen molar-refractivity contribution in [1.29, 1.82) is 0 Å². The molecule has 14 heavy (non-hydrogen) atoms. The molecule has 0 radical (unpaired) electrons.